The second-order valence-electron chi connectivity index (χ2n) is 4.78. The summed E-state index contributed by atoms with van der Waals surface area (Å²) in [5.74, 6) is -0.268. The summed E-state index contributed by atoms with van der Waals surface area (Å²) in [6.07, 6.45) is 4.45. The third-order valence-electron chi connectivity index (χ3n) is 3.55. The fourth-order valence-electron chi connectivity index (χ4n) is 2.44. The summed E-state index contributed by atoms with van der Waals surface area (Å²) in [4.78, 5) is 13.2. The molecule has 0 amide bonds. The van der Waals surface area contributed by atoms with E-state index in [1.807, 2.05) is 0 Å². The van der Waals surface area contributed by atoms with Gasteiger partial charge >= 0.3 is 0 Å². The number of likely N-dealkylation sites (tertiary alicyclic amines) is 1. The van der Waals surface area contributed by atoms with Crippen LogP contribution in [0.4, 0.5) is 4.39 Å². The topological polar surface area (TPSA) is 20.3 Å². The first-order valence-corrected chi connectivity index (χ1v) is 6.18. The van der Waals surface area contributed by atoms with Crippen LogP contribution < -0.4 is 0 Å². The van der Waals surface area contributed by atoms with Crippen LogP contribution in [0, 0.1) is 5.82 Å². The molecular weight excluding hydrogens is 217 g/mol. The monoisotopic (exact) mass is 235 g/mol. The molecule has 0 spiro atoms. The lowest BCUT2D eigenvalue weighted by Gasteiger charge is -2.33. The summed E-state index contributed by atoms with van der Waals surface area (Å²) >= 11 is 0. The summed E-state index contributed by atoms with van der Waals surface area (Å²) in [6.45, 7) is 3.90. The van der Waals surface area contributed by atoms with Crippen LogP contribution in [-0.2, 0) is 6.54 Å². The molecule has 1 fully saturated rings. The number of hydrogen-bond acceptors (Lipinski definition) is 2. The Morgan fingerprint density at radius 1 is 1.47 bits per heavy atom. The zero-order valence-corrected chi connectivity index (χ0v) is 10.2. The van der Waals surface area contributed by atoms with E-state index in [0.717, 1.165) is 18.4 Å². The van der Waals surface area contributed by atoms with Crippen LogP contribution in [0.25, 0.3) is 0 Å². The molecule has 3 heteroatoms. The Morgan fingerprint density at radius 3 is 3.00 bits per heavy atom. The van der Waals surface area contributed by atoms with Gasteiger partial charge in [-0.25, -0.2) is 4.39 Å². The summed E-state index contributed by atoms with van der Waals surface area (Å²) < 4.78 is 13.2. The molecule has 1 aliphatic heterocycles. The fraction of sp³-hybridized carbons (Fsp3) is 0.500. The Hall–Kier alpha value is -1.22. The Morgan fingerprint density at radius 2 is 2.29 bits per heavy atom. The van der Waals surface area contributed by atoms with Crippen LogP contribution in [0.5, 0.6) is 0 Å². The van der Waals surface area contributed by atoms with E-state index >= 15 is 0 Å². The summed E-state index contributed by atoms with van der Waals surface area (Å²) in [7, 11) is 0. The number of nitrogens with zero attached hydrogens (tertiary/aromatic N) is 1. The highest BCUT2D eigenvalue weighted by molar-refractivity contribution is 5.77. The van der Waals surface area contributed by atoms with Crippen LogP contribution in [0.1, 0.15) is 42.1 Å². The maximum absolute atomic E-state index is 13.2. The molecule has 1 saturated heterocycles. The number of halogens is 1. The number of carbonyl (C=O) groups excluding carboxylic acids is 1. The van der Waals surface area contributed by atoms with Crippen molar-refractivity contribution in [1.82, 2.24) is 4.90 Å². The van der Waals surface area contributed by atoms with E-state index in [1.54, 1.807) is 6.07 Å². The number of carbonyl (C=O) groups is 1. The second-order valence-corrected chi connectivity index (χ2v) is 4.78. The van der Waals surface area contributed by atoms with Gasteiger partial charge in [0, 0.05) is 18.2 Å². The van der Waals surface area contributed by atoms with Gasteiger partial charge in [0.05, 0.1) is 0 Å². The van der Waals surface area contributed by atoms with E-state index in [2.05, 4.69) is 11.8 Å². The van der Waals surface area contributed by atoms with Crippen molar-refractivity contribution in [3.63, 3.8) is 0 Å². The number of benzene rings is 1. The molecule has 2 rings (SSSR count). The van der Waals surface area contributed by atoms with Gasteiger partial charge in [0.1, 0.15) is 12.1 Å². The number of rotatable bonds is 3. The third kappa shape index (κ3) is 2.91. The van der Waals surface area contributed by atoms with Crippen molar-refractivity contribution >= 4 is 6.29 Å². The Balaban J connectivity index is 2.16. The van der Waals surface area contributed by atoms with Crippen molar-refractivity contribution in [2.45, 2.75) is 38.8 Å². The lowest BCUT2D eigenvalue weighted by molar-refractivity contribution is 0.111. The van der Waals surface area contributed by atoms with Crippen LogP contribution in [-0.4, -0.2) is 23.8 Å². The van der Waals surface area contributed by atoms with Gasteiger partial charge in [-0.15, -0.1) is 0 Å². The fourth-order valence-corrected chi connectivity index (χ4v) is 2.44. The smallest absolute Gasteiger partial charge is 0.150 e. The van der Waals surface area contributed by atoms with Crippen LogP contribution in [0.3, 0.4) is 0 Å². The molecule has 17 heavy (non-hydrogen) atoms. The van der Waals surface area contributed by atoms with Gasteiger partial charge in [0.15, 0.2) is 0 Å². The van der Waals surface area contributed by atoms with Crippen molar-refractivity contribution < 1.29 is 9.18 Å². The molecule has 0 bridgehead atoms. The average molecular weight is 235 g/mol. The Bertz CT molecular complexity index is 405. The highest BCUT2D eigenvalue weighted by atomic mass is 19.1. The Labute approximate surface area is 101 Å². The minimum Gasteiger partial charge on any atom is -0.298 e. The first kappa shape index (κ1) is 12.2. The zero-order chi connectivity index (χ0) is 12.3. The highest BCUT2D eigenvalue weighted by Gasteiger charge is 2.19. The molecule has 1 heterocycles. The van der Waals surface area contributed by atoms with Gasteiger partial charge in [-0.05, 0) is 50.1 Å². The quantitative estimate of drug-likeness (QED) is 0.751. The van der Waals surface area contributed by atoms with Crippen molar-refractivity contribution in [3.8, 4) is 0 Å². The maximum Gasteiger partial charge on any atom is 0.150 e. The van der Waals surface area contributed by atoms with Crippen LogP contribution in [0.2, 0.25) is 0 Å². The molecule has 1 aromatic rings. The molecule has 1 atom stereocenters. The lowest BCUT2D eigenvalue weighted by Crippen LogP contribution is -2.37. The van der Waals surface area contributed by atoms with Crippen LogP contribution >= 0.6 is 0 Å². The minimum absolute atomic E-state index is 0.268. The summed E-state index contributed by atoms with van der Waals surface area (Å²) in [5.41, 5.74) is 1.40. The maximum atomic E-state index is 13.2. The van der Waals surface area contributed by atoms with Gasteiger partial charge in [-0.3, -0.25) is 9.69 Å². The van der Waals surface area contributed by atoms with E-state index in [4.69, 9.17) is 0 Å². The second kappa shape index (κ2) is 5.41. The van der Waals surface area contributed by atoms with E-state index in [0.29, 0.717) is 18.2 Å². The predicted molar refractivity (Wildman–Crippen MR) is 65.5 cm³/mol. The lowest BCUT2D eigenvalue weighted by atomic mass is 10.0. The van der Waals surface area contributed by atoms with E-state index in [1.165, 1.54) is 31.4 Å². The molecule has 1 aromatic carbocycles. The first-order chi connectivity index (χ1) is 8.20. The summed E-state index contributed by atoms with van der Waals surface area (Å²) in [6, 6.07) is 4.90. The van der Waals surface area contributed by atoms with Gasteiger partial charge < -0.3 is 0 Å². The highest BCUT2D eigenvalue weighted by Crippen LogP contribution is 2.20. The first-order valence-electron chi connectivity index (χ1n) is 6.18. The van der Waals surface area contributed by atoms with Crippen molar-refractivity contribution in [2.24, 2.45) is 0 Å². The predicted octanol–water partition coefficient (Wildman–Crippen LogP) is 3.01. The molecule has 0 N–H and O–H groups in total. The number of hydrogen-bond donors (Lipinski definition) is 0. The molecule has 92 valence electrons. The average Bonchev–Trinajstić information content (AvgIpc) is 2.32. The SMILES string of the molecule is CC1CCCCN1Cc1cc(F)ccc1C=O. The van der Waals surface area contributed by atoms with Gasteiger partial charge in [0.25, 0.3) is 0 Å². The largest absolute Gasteiger partial charge is 0.298 e. The normalized spacial score (nSPS) is 21.4. The minimum atomic E-state index is -0.268. The van der Waals surface area contributed by atoms with E-state index in [9.17, 15) is 9.18 Å². The molecule has 0 aromatic heterocycles. The van der Waals surface area contributed by atoms with Gasteiger partial charge in [-0.2, -0.15) is 0 Å². The molecule has 0 saturated carbocycles. The molecule has 2 nitrogen and oxygen atoms in total. The zero-order valence-electron chi connectivity index (χ0n) is 10.2. The Kier molecular flexibility index (Phi) is 3.89. The van der Waals surface area contributed by atoms with Crippen molar-refractivity contribution in [2.75, 3.05) is 6.54 Å². The summed E-state index contributed by atoms with van der Waals surface area (Å²) in [5, 5.41) is 0. The van der Waals surface area contributed by atoms with Crippen molar-refractivity contribution in [3.05, 3.63) is 35.1 Å². The molecular formula is C14H18FNO. The standard InChI is InChI=1S/C14H18FNO/c1-11-4-2-3-7-16(11)9-13-8-14(15)6-5-12(13)10-17/h5-6,8,10-11H,2-4,7,9H2,1H3. The van der Waals surface area contributed by atoms with Gasteiger partial charge in [-0.1, -0.05) is 6.42 Å². The number of piperidine rings is 1. The van der Waals surface area contributed by atoms with Gasteiger partial charge in [0.2, 0.25) is 0 Å². The molecule has 1 unspecified atom stereocenters. The molecule has 0 aliphatic carbocycles. The molecule has 1 aliphatic rings. The van der Waals surface area contributed by atoms with E-state index < -0.39 is 0 Å². The van der Waals surface area contributed by atoms with E-state index in [-0.39, 0.29) is 5.82 Å². The third-order valence-corrected chi connectivity index (χ3v) is 3.55. The number of aldehydes is 1. The van der Waals surface area contributed by atoms with Crippen molar-refractivity contribution in [1.29, 1.82) is 0 Å². The molecule has 0 radical (unpaired) electrons. The van der Waals surface area contributed by atoms with Crippen LogP contribution in [0.15, 0.2) is 18.2 Å².